The molecular formula is C26H45NO. The average Bonchev–Trinajstić information content (AvgIpc) is 2.71. The number of benzene rings is 1. The Kier molecular flexibility index (Phi) is 11.9. The molecule has 2 nitrogen and oxygen atoms in total. The van der Waals surface area contributed by atoms with Crippen molar-refractivity contribution in [2.45, 2.75) is 115 Å². The lowest BCUT2D eigenvalue weighted by Gasteiger charge is -2.39. The summed E-state index contributed by atoms with van der Waals surface area (Å²) in [4.78, 5) is 2.51. The van der Waals surface area contributed by atoms with Crippen molar-refractivity contribution in [2.24, 2.45) is 0 Å². The van der Waals surface area contributed by atoms with Crippen LogP contribution in [0.1, 0.15) is 109 Å². The molecule has 1 N–H and O–H groups in total. The highest BCUT2D eigenvalue weighted by molar-refractivity contribution is 5.20. The summed E-state index contributed by atoms with van der Waals surface area (Å²) in [6.07, 6.45) is 16.9. The Morgan fingerprint density at radius 1 is 0.929 bits per heavy atom. The van der Waals surface area contributed by atoms with Crippen molar-refractivity contribution in [3.05, 3.63) is 35.9 Å². The van der Waals surface area contributed by atoms with Gasteiger partial charge in [0.05, 0.1) is 6.10 Å². The zero-order valence-electron chi connectivity index (χ0n) is 18.6. The monoisotopic (exact) mass is 387 g/mol. The summed E-state index contributed by atoms with van der Waals surface area (Å²) >= 11 is 0. The van der Waals surface area contributed by atoms with Gasteiger partial charge in [0.1, 0.15) is 0 Å². The first kappa shape index (κ1) is 23.4. The van der Waals surface area contributed by atoms with Gasteiger partial charge in [-0.1, -0.05) is 101 Å². The van der Waals surface area contributed by atoms with E-state index in [0.717, 1.165) is 19.5 Å². The van der Waals surface area contributed by atoms with Crippen molar-refractivity contribution < 1.29 is 5.11 Å². The van der Waals surface area contributed by atoms with Crippen LogP contribution in [0.3, 0.4) is 0 Å². The second-order valence-corrected chi connectivity index (χ2v) is 9.10. The van der Waals surface area contributed by atoms with Crippen molar-refractivity contribution in [3.8, 4) is 0 Å². The minimum atomic E-state index is -0.148. The summed E-state index contributed by atoms with van der Waals surface area (Å²) in [6, 6.07) is 11.5. The van der Waals surface area contributed by atoms with Gasteiger partial charge in [0, 0.05) is 12.6 Å². The number of β-amino-alcohol motifs (C(OH)–C–C–N with tert-alkyl or cyclic N) is 1. The Labute approximate surface area is 174 Å². The lowest BCUT2D eigenvalue weighted by molar-refractivity contribution is 0.0620. The highest BCUT2D eigenvalue weighted by atomic mass is 16.3. The Morgan fingerprint density at radius 3 is 2.14 bits per heavy atom. The zero-order chi connectivity index (χ0) is 20.0. The maximum atomic E-state index is 10.5. The number of piperidine rings is 1. The van der Waals surface area contributed by atoms with E-state index < -0.39 is 0 Å². The van der Waals surface area contributed by atoms with E-state index in [-0.39, 0.29) is 6.10 Å². The number of likely N-dealkylation sites (tertiary alicyclic amines) is 1. The predicted molar refractivity (Wildman–Crippen MR) is 122 cm³/mol. The normalized spacial score (nSPS) is 21.7. The highest BCUT2D eigenvalue weighted by Gasteiger charge is 2.27. The fourth-order valence-corrected chi connectivity index (χ4v) is 4.75. The molecule has 28 heavy (non-hydrogen) atoms. The number of aliphatic hydroxyl groups excluding tert-OH is 1. The van der Waals surface area contributed by atoms with Gasteiger partial charge in [-0.3, -0.25) is 4.90 Å². The van der Waals surface area contributed by atoms with E-state index in [1.54, 1.807) is 0 Å². The first-order valence-corrected chi connectivity index (χ1v) is 12.2. The van der Waals surface area contributed by atoms with Crippen LogP contribution in [-0.4, -0.2) is 35.2 Å². The average molecular weight is 388 g/mol. The van der Waals surface area contributed by atoms with E-state index in [2.05, 4.69) is 49.1 Å². The number of aliphatic hydroxyl groups is 1. The van der Waals surface area contributed by atoms with Gasteiger partial charge in [0.2, 0.25) is 0 Å². The molecule has 0 aliphatic carbocycles. The van der Waals surface area contributed by atoms with E-state index in [9.17, 15) is 5.11 Å². The van der Waals surface area contributed by atoms with Crippen LogP contribution < -0.4 is 0 Å². The molecule has 0 amide bonds. The number of nitrogens with zero attached hydrogens (tertiary/aromatic N) is 1. The topological polar surface area (TPSA) is 23.5 Å². The maximum absolute atomic E-state index is 10.5. The summed E-state index contributed by atoms with van der Waals surface area (Å²) in [5.41, 5.74) is 1.49. The smallest absolute Gasteiger partial charge is 0.0667 e. The van der Waals surface area contributed by atoms with E-state index in [1.165, 1.54) is 82.6 Å². The molecule has 1 heterocycles. The Balaban J connectivity index is 1.51. The molecule has 1 aromatic carbocycles. The maximum Gasteiger partial charge on any atom is 0.0667 e. The molecular weight excluding hydrogens is 342 g/mol. The van der Waals surface area contributed by atoms with Crippen LogP contribution in [0.25, 0.3) is 0 Å². The van der Waals surface area contributed by atoms with Crippen LogP contribution in [0.2, 0.25) is 0 Å². The molecule has 1 aromatic rings. The molecule has 0 saturated carbocycles. The standard InChI is InChI=1S/C26H45NO/c1-3-4-5-6-7-8-9-10-11-15-18-26(28)22-27-20-19-25(21-23(27)2)24-16-13-12-14-17-24/h12-14,16-17,23,25-26,28H,3-11,15,18-22H2,1-2H3. The van der Waals surface area contributed by atoms with Gasteiger partial charge in [-0.25, -0.2) is 0 Å². The van der Waals surface area contributed by atoms with Crippen LogP contribution in [0.15, 0.2) is 30.3 Å². The minimum Gasteiger partial charge on any atom is -0.392 e. The summed E-state index contributed by atoms with van der Waals surface area (Å²) in [7, 11) is 0. The first-order chi connectivity index (χ1) is 13.7. The van der Waals surface area contributed by atoms with Crippen molar-refractivity contribution >= 4 is 0 Å². The zero-order valence-corrected chi connectivity index (χ0v) is 18.6. The van der Waals surface area contributed by atoms with Crippen molar-refractivity contribution in [1.82, 2.24) is 4.90 Å². The van der Waals surface area contributed by atoms with Gasteiger partial charge in [-0.15, -0.1) is 0 Å². The minimum absolute atomic E-state index is 0.148. The molecule has 0 spiro atoms. The van der Waals surface area contributed by atoms with Gasteiger partial charge in [-0.2, -0.15) is 0 Å². The second-order valence-electron chi connectivity index (χ2n) is 9.10. The fraction of sp³-hybridized carbons (Fsp3) is 0.769. The molecule has 2 rings (SSSR count). The molecule has 0 aromatic heterocycles. The largest absolute Gasteiger partial charge is 0.392 e. The molecule has 160 valence electrons. The van der Waals surface area contributed by atoms with Gasteiger partial charge in [-0.05, 0) is 44.2 Å². The quantitative estimate of drug-likeness (QED) is 0.350. The molecule has 3 atom stereocenters. The SMILES string of the molecule is CCCCCCCCCCCCC(O)CN1CCC(c2ccccc2)CC1C. The molecule has 0 radical (unpaired) electrons. The highest BCUT2D eigenvalue weighted by Crippen LogP contribution is 2.31. The van der Waals surface area contributed by atoms with E-state index >= 15 is 0 Å². The van der Waals surface area contributed by atoms with Crippen molar-refractivity contribution in [3.63, 3.8) is 0 Å². The van der Waals surface area contributed by atoms with Crippen LogP contribution in [0.5, 0.6) is 0 Å². The van der Waals surface area contributed by atoms with Crippen LogP contribution in [0, 0.1) is 0 Å². The third-order valence-electron chi connectivity index (χ3n) is 6.62. The summed E-state index contributed by atoms with van der Waals surface area (Å²) < 4.78 is 0. The number of hydrogen-bond donors (Lipinski definition) is 1. The number of rotatable bonds is 14. The molecule has 0 bridgehead atoms. The summed E-state index contributed by atoms with van der Waals surface area (Å²) in [5, 5.41) is 10.5. The number of unbranched alkanes of at least 4 members (excludes halogenated alkanes) is 9. The van der Waals surface area contributed by atoms with Gasteiger partial charge in [0.25, 0.3) is 0 Å². The van der Waals surface area contributed by atoms with E-state index in [0.29, 0.717) is 12.0 Å². The third kappa shape index (κ3) is 9.09. The van der Waals surface area contributed by atoms with E-state index in [1.807, 2.05) is 0 Å². The molecule has 1 fully saturated rings. The van der Waals surface area contributed by atoms with Gasteiger partial charge >= 0.3 is 0 Å². The Bertz CT molecular complexity index is 488. The lowest BCUT2D eigenvalue weighted by Crippen LogP contribution is -2.44. The third-order valence-corrected chi connectivity index (χ3v) is 6.62. The second kappa shape index (κ2) is 14.2. The van der Waals surface area contributed by atoms with Crippen molar-refractivity contribution in [2.75, 3.05) is 13.1 Å². The first-order valence-electron chi connectivity index (χ1n) is 12.2. The molecule has 2 heteroatoms. The molecule has 1 aliphatic heterocycles. The Morgan fingerprint density at radius 2 is 1.54 bits per heavy atom. The van der Waals surface area contributed by atoms with Crippen LogP contribution >= 0.6 is 0 Å². The predicted octanol–water partition coefficient (Wildman–Crippen LogP) is 6.93. The molecule has 1 aliphatic rings. The molecule has 1 saturated heterocycles. The summed E-state index contributed by atoms with van der Waals surface area (Å²) in [5.74, 6) is 0.687. The van der Waals surface area contributed by atoms with Crippen molar-refractivity contribution in [1.29, 1.82) is 0 Å². The van der Waals surface area contributed by atoms with Gasteiger partial charge < -0.3 is 5.11 Å². The van der Waals surface area contributed by atoms with Gasteiger partial charge in [0.15, 0.2) is 0 Å². The number of hydrogen-bond acceptors (Lipinski definition) is 2. The fourth-order valence-electron chi connectivity index (χ4n) is 4.75. The lowest BCUT2D eigenvalue weighted by atomic mass is 9.85. The molecule has 3 unspecified atom stereocenters. The summed E-state index contributed by atoms with van der Waals surface area (Å²) in [6.45, 7) is 6.60. The van der Waals surface area contributed by atoms with Crippen LogP contribution in [-0.2, 0) is 0 Å². The van der Waals surface area contributed by atoms with E-state index in [4.69, 9.17) is 0 Å². The Hall–Kier alpha value is -0.860. The van der Waals surface area contributed by atoms with Crippen LogP contribution in [0.4, 0.5) is 0 Å².